The van der Waals surface area contributed by atoms with Crippen LogP contribution >= 0.6 is 0 Å². The molecule has 0 atom stereocenters. The zero-order chi connectivity index (χ0) is 15.0. The van der Waals surface area contributed by atoms with E-state index >= 15 is 0 Å². The molecule has 0 aromatic rings. The van der Waals surface area contributed by atoms with Crippen molar-refractivity contribution in [2.24, 2.45) is 0 Å². The molecule has 0 amide bonds. The first-order valence-electron chi connectivity index (χ1n) is 5.00. The standard InChI is InChI=1S/C4H4O4.C3H8O3.C3H8O/c5-3(6)1-2-4(7)8;4-1-3(6)2-5;1-2-3-4/h1-2H,(H,5,6)(H,7,8);3-6H,1-2H2;4H,2-3H2,1H3. The molecule has 0 fully saturated rings. The summed E-state index contributed by atoms with van der Waals surface area (Å²) in [6, 6.07) is 0. The molecule has 0 heterocycles. The van der Waals surface area contributed by atoms with E-state index in [1.54, 1.807) is 0 Å². The number of hydrogen-bond donors (Lipinski definition) is 6. The summed E-state index contributed by atoms with van der Waals surface area (Å²) in [6.07, 6.45) is 1.04. The Morgan fingerprint density at radius 3 is 1.33 bits per heavy atom. The van der Waals surface area contributed by atoms with E-state index in [2.05, 4.69) is 0 Å². The van der Waals surface area contributed by atoms with Gasteiger partial charge in [0.15, 0.2) is 0 Å². The van der Waals surface area contributed by atoms with Crippen LogP contribution in [0.2, 0.25) is 0 Å². The molecular weight excluding hydrogens is 248 g/mol. The number of carbonyl (C=O) groups is 2. The van der Waals surface area contributed by atoms with Crippen LogP contribution in [0, 0.1) is 0 Å². The number of carboxylic acid groups (broad SMARTS) is 2. The molecular formula is C10H20O8. The van der Waals surface area contributed by atoms with E-state index in [9.17, 15) is 9.59 Å². The lowest BCUT2D eigenvalue weighted by molar-refractivity contribution is -0.134. The van der Waals surface area contributed by atoms with Crippen molar-refractivity contribution in [3.63, 3.8) is 0 Å². The van der Waals surface area contributed by atoms with E-state index in [0.717, 1.165) is 6.42 Å². The normalized spacial score (nSPS) is 9.22. The fraction of sp³-hybridized carbons (Fsp3) is 0.600. The van der Waals surface area contributed by atoms with Crippen molar-refractivity contribution >= 4 is 11.9 Å². The summed E-state index contributed by atoms with van der Waals surface area (Å²) in [5.74, 6) is -2.51. The van der Waals surface area contributed by atoms with Crippen LogP contribution < -0.4 is 0 Å². The van der Waals surface area contributed by atoms with Crippen molar-refractivity contribution in [3.8, 4) is 0 Å². The second-order valence-corrected chi connectivity index (χ2v) is 2.75. The molecule has 0 unspecified atom stereocenters. The Bertz CT molecular complexity index is 204. The Labute approximate surface area is 104 Å². The van der Waals surface area contributed by atoms with Gasteiger partial charge in [0.05, 0.1) is 13.2 Å². The lowest BCUT2D eigenvalue weighted by Gasteiger charge is -1.96. The molecule has 0 aliphatic rings. The number of aliphatic hydroxyl groups is 4. The highest BCUT2D eigenvalue weighted by Crippen LogP contribution is 1.72. The van der Waals surface area contributed by atoms with Gasteiger partial charge in [0.25, 0.3) is 0 Å². The van der Waals surface area contributed by atoms with Gasteiger partial charge in [0.1, 0.15) is 6.10 Å². The van der Waals surface area contributed by atoms with Gasteiger partial charge in [0.2, 0.25) is 0 Å². The molecule has 18 heavy (non-hydrogen) atoms. The first kappa shape index (κ1) is 21.8. The van der Waals surface area contributed by atoms with Crippen LogP contribution in [0.4, 0.5) is 0 Å². The quantitative estimate of drug-likeness (QED) is 0.327. The van der Waals surface area contributed by atoms with E-state index < -0.39 is 18.0 Å². The van der Waals surface area contributed by atoms with Crippen LogP contribution in [0.3, 0.4) is 0 Å². The van der Waals surface area contributed by atoms with Crippen LogP contribution in [0.5, 0.6) is 0 Å². The summed E-state index contributed by atoms with van der Waals surface area (Å²) >= 11 is 0. The van der Waals surface area contributed by atoms with E-state index in [-0.39, 0.29) is 13.2 Å². The summed E-state index contributed by atoms with van der Waals surface area (Å²) in [7, 11) is 0. The zero-order valence-electron chi connectivity index (χ0n) is 10.1. The van der Waals surface area contributed by atoms with Crippen LogP contribution in [-0.4, -0.2) is 68.5 Å². The molecule has 0 radical (unpaired) electrons. The molecule has 0 aromatic carbocycles. The third kappa shape index (κ3) is 36.6. The maximum atomic E-state index is 9.55. The summed E-state index contributed by atoms with van der Waals surface area (Å²) in [6.45, 7) is 1.52. The molecule has 6 N–H and O–H groups in total. The monoisotopic (exact) mass is 268 g/mol. The van der Waals surface area contributed by atoms with Crippen molar-refractivity contribution in [2.75, 3.05) is 19.8 Å². The predicted molar refractivity (Wildman–Crippen MR) is 62.0 cm³/mol. The average Bonchev–Trinajstić information content (AvgIpc) is 2.36. The maximum Gasteiger partial charge on any atom is 0.328 e. The Morgan fingerprint density at radius 2 is 1.28 bits per heavy atom. The van der Waals surface area contributed by atoms with Gasteiger partial charge in [-0.1, -0.05) is 6.92 Å². The highest BCUT2D eigenvalue weighted by Gasteiger charge is 1.93. The van der Waals surface area contributed by atoms with Gasteiger partial charge in [-0.3, -0.25) is 0 Å². The Balaban J connectivity index is -0.000000200. The summed E-state index contributed by atoms with van der Waals surface area (Å²) in [5, 5.41) is 47.5. The molecule has 0 rings (SSSR count). The van der Waals surface area contributed by atoms with Gasteiger partial charge in [-0.2, -0.15) is 0 Å². The molecule has 0 spiro atoms. The van der Waals surface area contributed by atoms with Gasteiger partial charge in [0, 0.05) is 18.8 Å². The lowest BCUT2D eigenvalue weighted by atomic mass is 10.4. The molecule has 0 aromatic heterocycles. The Morgan fingerprint density at radius 1 is 1.00 bits per heavy atom. The van der Waals surface area contributed by atoms with Gasteiger partial charge < -0.3 is 30.6 Å². The summed E-state index contributed by atoms with van der Waals surface area (Å²) < 4.78 is 0. The number of aliphatic carboxylic acids is 2. The largest absolute Gasteiger partial charge is 0.478 e. The molecule has 108 valence electrons. The van der Waals surface area contributed by atoms with E-state index in [0.29, 0.717) is 18.8 Å². The Hall–Kier alpha value is -1.48. The minimum Gasteiger partial charge on any atom is -0.478 e. The van der Waals surface area contributed by atoms with Crippen LogP contribution in [-0.2, 0) is 9.59 Å². The second-order valence-electron chi connectivity index (χ2n) is 2.75. The SMILES string of the molecule is CCCO.O=C(O)C=CC(=O)O.OCC(O)CO. The fourth-order valence-corrected chi connectivity index (χ4v) is 0.200. The highest BCUT2D eigenvalue weighted by molar-refractivity contribution is 5.89. The molecule has 8 nitrogen and oxygen atoms in total. The van der Waals surface area contributed by atoms with E-state index in [1.165, 1.54) is 0 Å². The van der Waals surface area contributed by atoms with Crippen molar-refractivity contribution in [1.29, 1.82) is 0 Å². The third-order valence-electron chi connectivity index (χ3n) is 1.01. The van der Waals surface area contributed by atoms with E-state index in [4.69, 9.17) is 30.6 Å². The highest BCUT2D eigenvalue weighted by atomic mass is 16.4. The van der Waals surface area contributed by atoms with Gasteiger partial charge in [-0.25, -0.2) is 9.59 Å². The van der Waals surface area contributed by atoms with Crippen LogP contribution in [0.15, 0.2) is 12.2 Å². The molecule has 0 saturated carbocycles. The molecule has 0 saturated heterocycles. The van der Waals surface area contributed by atoms with Crippen molar-refractivity contribution in [2.45, 2.75) is 19.4 Å². The van der Waals surface area contributed by atoms with Gasteiger partial charge in [-0.05, 0) is 6.42 Å². The third-order valence-corrected chi connectivity index (χ3v) is 1.01. The van der Waals surface area contributed by atoms with Crippen molar-refractivity contribution in [1.82, 2.24) is 0 Å². The number of aliphatic hydroxyl groups excluding tert-OH is 4. The average molecular weight is 268 g/mol. The predicted octanol–water partition coefficient (Wildman–Crippen LogP) is -1.57. The van der Waals surface area contributed by atoms with E-state index in [1.807, 2.05) is 6.92 Å². The molecule has 0 bridgehead atoms. The Kier molecular flexibility index (Phi) is 21.6. The summed E-state index contributed by atoms with van der Waals surface area (Å²) in [5.41, 5.74) is 0. The molecule has 8 heteroatoms. The molecule has 0 aliphatic carbocycles. The van der Waals surface area contributed by atoms with Crippen LogP contribution in [0.1, 0.15) is 13.3 Å². The smallest absolute Gasteiger partial charge is 0.328 e. The fourth-order valence-electron chi connectivity index (χ4n) is 0.200. The minimum atomic E-state index is -1.26. The minimum absolute atomic E-state index is 0.319. The van der Waals surface area contributed by atoms with Crippen molar-refractivity contribution in [3.05, 3.63) is 12.2 Å². The van der Waals surface area contributed by atoms with Gasteiger partial charge >= 0.3 is 11.9 Å². The lowest BCUT2D eigenvalue weighted by Crippen LogP contribution is -2.15. The number of rotatable bonds is 5. The number of hydrogen-bond acceptors (Lipinski definition) is 6. The summed E-state index contributed by atoms with van der Waals surface area (Å²) in [4.78, 5) is 19.1. The topological polar surface area (TPSA) is 156 Å². The number of carboxylic acids is 2. The first-order valence-corrected chi connectivity index (χ1v) is 5.00. The zero-order valence-corrected chi connectivity index (χ0v) is 10.1. The molecule has 0 aliphatic heterocycles. The van der Waals surface area contributed by atoms with Crippen LogP contribution in [0.25, 0.3) is 0 Å². The second kappa shape index (κ2) is 17.9. The van der Waals surface area contributed by atoms with Gasteiger partial charge in [-0.15, -0.1) is 0 Å². The maximum absolute atomic E-state index is 9.55. The first-order chi connectivity index (χ1) is 8.35. The van der Waals surface area contributed by atoms with Crippen molar-refractivity contribution < 1.29 is 40.2 Å².